The number of nitrogens with zero attached hydrogens (tertiary/aromatic N) is 2. The highest BCUT2D eigenvalue weighted by atomic mass is 35.5. The molecule has 0 spiro atoms. The molecule has 2 aliphatic rings. The van der Waals surface area contributed by atoms with Crippen molar-refractivity contribution < 1.29 is 18.0 Å². The molecule has 1 saturated heterocycles. The summed E-state index contributed by atoms with van der Waals surface area (Å²) in [5.74, 6) is -0.713. The average molecular weight is 470 g/mol. The van der Waals surface area contributed by atoms with E-state index in [9.17, 15) is 18.0 Å². The molecule has 2 aliphatic heterocycles. The molecular weight excluding hydrogens is 439 g/mol. The lowest BCUT2D eigenvalue weighted by atomic mass is 9.91. The van der Waals surface area contributed by atoms with Gasteiger partial charge in [-0.15, -0.1) is 0 Å². The van der Waals surface area contributed by atoms with Gasteiger partial charge >= 0.3 is 6.18 Å². The predicted molar refractivity (Wildman–Crippen MR) is 121 cm³/mol. The summed E-state index contributed by atoms with van der Waals surface area (Å²) in [5, 5.41) is 1.83. The van der Waals surface area contributed by atoms with Crippen molar-refractivity contribution in [3.8, 4) is 0 Å². The van der Waals surface area contributed by atoms with Gasteiger partial charge in [0.25, 0.3) is 0 Å². The molecule has 4 nitrogen and oxygen atoms in total. The van der Waals surface area contributed by atoms with Gasteiger partial charge in [0, 0.05) is 41.1 Å². The number of hydrogen-bond acceptors (Lipinski definition) is 2. The number of rotatable bonds is 5. The van der Waals surface area contributed by atoms with E-state index in [0.29, 0.717) is 43.5 Å². The Morgan fingerprint density at radius 3 is 2.59 bits per heavy atom. The molecule has 0 bridgehead atoms. The molecule has 0 saturated carbocycles. The number of nitrogens with one attached hydrogen (secondary N) is 1. The zero-order chi connectivity index (χ0) is 23.0. The number of likely N-dealkylation sites (tertiary alicyclic amines) is 1. The molecular formula is C24H31ClF3N3O. The Bertz CT molecular complexity index is 963. The Kier molecular flexibility index (Phi) is 6.78. The minimum atomic E-state index is -4.11. The van der Waals surface area contributed by atoms with Crippen LogP contribution in [0.4, 0.5) is 13.2 Å². The molecule has 32 heavy (non-hydrogen) atoms. The average Bonchev–Trinajstić information content (AvgIpc) is 3.10. The summed E-state index contributed by atoms with van der Waals surface area (Å²) in [5.41, 5.74) is 3.38. The van der Waals surface area contributed by atoms with Gasteiger partial charge in [-0.25, -0.2) is 0 Å². The zero-order valence-corrected chi connectivity index (χ0v) is 19.4. The highest BCUT2D eigenvalue weighted by molar-refractivity contribution is 6.31. The first-order valence-electron chi connectivity index (χ1n) is 11.5. The summed E-state index contributed by atoms with van der Waals surface area (Å²) < 4.78 is 38.7. The number of carbonyl (C=O) groups is 1. The second-order valence-corrected chi connectivity index (χ2v) is 10.0. The van der Waals surface area contributed by atoms with Crippen molar-refractivity contribution in [1.29, 1.82) is 0 Å². The fourth-order valence-electron chi connectivity index (χ4n) is 5.21. The molecule has 0 aliphatic carbocycles. The molecule has 1 aromatic heterocycles. The van der Waals surface area contributed by atoms with Crippen molar-refractivity contribution in [2.24, 2.45) is 11.8 Å². The van der Waals surface area contributed by atoms with E-state index in [1.54, 1.807) is 0 Å². The molecule has 1 fully saturated rings. The Morgan fingerprint density at radius 1 is 1.22 bits per heavy atom. The van der Waals surface area contributed by atoms with Crippen LogP contribution in [0.1, 0.15) is 56.8 Å². The van der Waals surface area contributed by atoms with Gasteiger partial charge in [-0.1, -0.05) is 25.4 Å². The molecule has 3 heterocycles. The van der Waals surface area contributed by atoms with E-state index in [4.69, 9.17) is 11.6 Å². The largest absolute Gasteiger partial charge is 0.391 e. The number of fused-ring (bicyclic) bond motifs is 3. The van der Waals surface area contributed by atoms with Gasteiger partial charge < -0.3 is 14.8 Å². The lowest BCUT2D eigenvalue weighted by molar-refractivity contribution is -0.185. The second kappa shape index (κ2) is 9.26. The molecule has 1 atom stereocenters. The van der Waals surface area contributed by atoms with Gasteiger partial charge in [-0.2, -0.15) is 13.2 Å². The number of alkyl halides is 3. The summed E-state index contributed by atoms with van der Waals surface area (Å²) in [7, 11) is 0. The topological polar surface area (TPSA) is 39.3 Å². The van der Waals surface area contributed by atoms with Crippen LogP contribution in [0.3, 0.4) is 0 Å². The Balaban J connectivity index is 1.45. The maximum atomic E-state index is 13.2. The highest BCUT2D eigenvalue weighted by Crippen LogP contribution is 2.39. The van der Waals surface area contributed by atoms with Crippen molar-refractivity contribution in [2.75, 3.05) is 26.2 Å². The van der Waals surface area contributed by atoms with Crippen molar-refractivity contribution in [1.82, 2.24) is 14.8 Å². The fourth-order valence-corrected chi connectivity index (χ4v) is 5.38. The number of carbonyl (C=O) groups excluding carboxylic acids is 1. The Morgan fingerprint density at radius 2 is 1.94 bits per heavy atom. The first-order chi connectivity index (χ1) is 15.1. The second-order valence-electron chi connectivity index (χ2n) is 9.60. The molecule has 0 unspecified atom stereocenters. The van der Waals surface area contributed by atoms with Crippen LogP contribution in [0.5, 0.6) is 0 Å². The van der Waals surface area contributed by atoms with Gasteiger partial charge in [0.2, 0.25) is 5.91 Å². The van der Waals surface area contributed by atoms with Gasteiger partial charge in [0.15, 0.2) is 0 Å². The van der Waals surface area contributed by atoms with Crippen molar-refractivity contribution in [3.63, 3.8) is 0 Å². The van der Waals surface area contributed by atoms with Crippen LogP contribution in [0.15, 0.2) is 18.2 Å². The van der Waals surface area contributed by atoms with Crippen LogP contribution in [0.2, 0.25) is 5.02 Å². The van der Waals surface area contributed by atoms with E-state index in [1.807, 2.05) is 28.0 Å². The minimum Gasteiger partial charge on any atom is -0.356 e. The molecule has 2 aromatic rings. The van der Waals surface area contributed by atoms with E-state index >= 15 is 0 Å². The number of halogens is 4. The monoisotopic (exact) mass is 469 g/mol. The van der Waals surface area contributed by atoms with Gasteiger partial charge in [-0.05, 0) is 68.5 Å². The number of H-pyrrole nitrogens is 1. The summed E-state index contributed by atoms with van der Waals surface area (Å²) in [6.07, 6.45) is -1.89. The Hall–Kier alpha value is -1.73. The van der Waals surface area contributed by atoms with Crippen LogP contribution < -0.4 is 0 Å². The van der Waals surface area contributed by atoms with E-state index in [1.165, 1.54) is 5.56 Å². The zero-order valence-electron chi connectivity index (χ0n) is 18.6. The number of benzene rings is 1. The molecule has 1 aromatic carbocycles. The van der Waals surface area contributed by atoms with E-state index in [-0.39, 0.29) is 24.8 Å². The quantitative estimate of drug-likeness (QED) is 0.587. The van der Waals surface area contributed by atoms with Gasteiger partial charge in [0.1, 0.15) is 0 Å². The predicted octanol–water partition coefficient (Wildman–Crippen LogP) is 5.96. The number of hydrogen-bond donors (Lipinski definition) is 1. The van der Waals surface area contributed by atoms with E-state index < -0.39 is 12.1 Å². The maximum Gasteiger partial charge on any atom is 0.391 e. The van der Waals surface area contributed by atoms with Crippen molar-refractivity contribution in [3.05, 3.63) is 34.5 Å². The minimum absolute atomic E-state index is 0.0200. The third-order valence-electron chi connectivity index (χ3n) is 6.92. The number of aromatic nitrogens is 1. The summed E-state index contributed by atoms with van der Waals surface area (Å²) in [4.78, 5) is 20.7. The van der Waals surface area contributed by atoms with Gasteiger partial charge in [-0.3, -0.25) is 4.79 Å². The molecule has 176 valence electrons. The first kappa shape index (κ1) is 23.4. The lowest BCUT2D eigenvalue weighted by Gasteiger charge is -2.38. The smallest absolute Gasteiger partial charge is 0.356 e. The van der Waals surface area contributed by atoms with Crippen LogP contribution in [-0.2, 0) is 11.2 Å². The molecule has 4 rings (SSSR count). The van der Waals surface area contributed by atoms with Crippen molar-refractivity contribution in [2.45, 2.75) is 58.2 Å². The van der Waals surface area contributed by atoms with Crippen LogP contribution in [0.25, 0.3) is 10.9 Å². The van der Waals surface area contributed by atoms with Crippen LogP contribution in [0, 0.1) is 11.8 Å². The third kappa shape index (κ3) is 4.93. The summed E-state index contributed by atoms with van der Waals surface area (Å²) >= 11 is 6.22. The van der Waals surface area contributed by atoms with Crippen LogP contribution in [-0.4, -0.2) is 53.0 Å². The summed E-state index contributed by atoms with van der Waals surface area (Å²) in [6, 6.07) is 5.82. The van der Waals surface area contributed by atoms with Gasteiger partial charge in [0.05, 0.1) is 12.0 Å². The van der Waals surface area contributed by atoms with Crippen molar-refractivity contribution >= 4 is 28.4 Å². The van der Waals surface area contributed by atoms with E-state index in [0.717, 1.165) is 29.4 Å². The normalized spacial score (nSPS) is 20.8. The summed E-state index contributed by atoms with van der Waals surface area (Å²) in [6.45, 7) is 6.28. The van der Waals surface area contributed by atoms with Crippen LogP contribution >= 0.6 is 11.6 Å². The van der Waals surface area contributed by atoms with E-state index in [2.05, 4.69) is 18.8 Å². The molecule has 8 heteroatoms. The first-order valence-corrected chi connectivity index (χ1v) is 11.9. The number of piperidine rings is 1. The molecule has 0 radical (unpaired) electrons. The standard InChI is InChI=1S/C24H31ClF3N3O/c1-15(2)13-21-23-18(19-14-17(25)3-4-20(19)29-23)7-12-31(21)22(32)8-11-30-9-5-16(6-10-30)24(26,27)28/h3-4,14-16,21,29H,5-13H2,1-2H3/t21-/m0/s1. The molecule has 1 amide bonds. The lowest BCUT2D eigenvalue weighted by Crippen LogP contribution is -2.43. The number of amides is 1. The fraction of sp³-hybridized carbons (Fsp3) is 0.625. The Labute approximate surface area is 192 Å². The SMILES string of the molecule is CC(C)C[C@H]1c2[nH]c3ccc(Cl)cc3c2CCN1C(=O)CCN1CCC(C(F)(F)F)CC1. The highest BCUT2D eigenvalue weighted by Gasteiger charge is 2.41. The third-order valence-corrected chi connectivity index (χ3v) is 7.16. The number of aromatic amines is 1. The maximum absolute atomic E-state index is 13.2. The molecule has 1 N–H and O–H groups in total.